The summed E-state index contributed by atoms with van der Waals surface area (Å²) >= 11 is 23.3. The quantitative estimate of drug-likeness (QED) is 0.361. The number of hydrogen-bond donors (Lipinski definition) is 1. The van der Waals surface area contributed by atoms with E-state index in [2.05, 4.69) is 0 Å². The maximum atomic E-state index is 13.0. The van der Waals surface area contributed by atoms with Crippen LogP contribution in [-0.4, -0.2) is 23.2 Å². The zero-order chi connectivity index (χ0) is 22.2. The predicted molar refractivity (Wildman–Crippen MR) is 121 cm³/mol. The van der Waals surface area contributed by atoms with Gasteiger partial charge in [-0.05, 0) is 65.0 Å². The van der Waals surface area contributed by atoms with Gasteiger partial charge in [-0.1, -0.05) is 59.1 Å². The monoisotopic (exact) mass is 492 g/mol. The third-order valence-corrected chi connectivity index (χ3v) is 6.63. The maximum Gasteiger partial charge on any atom is 0.392 e. The Labute approximate surface area is 193 Å². The number of hydrogen-bond acceptors (Lipinski definition) is 1. The first-order valence-corrected chi connectivity index (χ1v) is 10.6. The molecule has 0 aliphatic heterocycles. The molecule has 0 aromatic heterocycles. The summed E-state index contributed by atoms with van der Waals surface area (Å²) in [5.41, 5.74) is 9.37. The molecule has 0 fully saturated rings. The lowest BCUT2D eigenvalue weighted by Crippen LogP contribution is -2.34. The van der Waals surface area contributed by atoms with Gasteiger partial charge < -0.3 is 10.6 Å². The summed E-state index contributed by atoms with van der Waals surface area (Å²) in [6.45, 7) is 0. The minimum absolute atomic E-state index is 0.0496. The molecule has 160 valence electrons. The number of halogens is 6. The molecule has 0 radical (unpaired) electrons. The van der Waals surface area contributed by atoms with Gasteiger partial charge in [-0.2, -0.15) is 13.2 Å². The van der Waals surface area contributed by atoms with Crippen LogP contribution in [-0.2, 0) is 6.42 Å². The molecule has 2 aromatic carbocycles. The average Bonchev–Trinajstić information content (AvgIpc) is 3.07. The summed E-state index contributed by atoms with van der Waals surface area (Å²) in [5, 5.41) is 0.816. The highest BCUT2D eigenvalue weighted by Gasteiger charge is 2.28. The van der Waals surface area contributed by atoms with Crippen molar-refractivity contribution in [2.75, 3.05) is 7.05 Å². The number of aryl methyl sites for hydroxylation is 1. The van der Waals surface area contributed by atoms with Crippen LogP contribution < -0.4 is 5.73 Å². The van der Waals surface area contributed by atoms with Crippen LogP contribution in [0.15, 0.2) is 36.4 Å². The molecule has 0 heterocycles. The third kappa shape index (κ3) is 5.05. The van der Waals surface area contributed by atoms with E-state index in [-0.39, 0.29) is 21.1 Å². The van der Waals surface area contributed by atoms with Crippen LogP contribution in [0.4, 0.5) is 13.2 Å². The van der Waals surface area contributed by atoms with Gasteiger partial charge in [0.25, 0.3) is 0 Å². The number of thiocarbonyl (C=S) groups is 1. The van der Waals surface area contributed by atoms with Gasteiger partial charge >= 0.3 is 6.18 Å². The smallest absolute Gasteiger partial charge is 0.376 e. The Morgan fingerprint density at radius 2 is 1.80 bits per heavy atom. The molecule has 2 N–H and O–H groups in total. The van der Waals surface area contributed by atoms with Crippen molar-refractivity contribution in [3.05, 3.63) is 73.7 Å². The van der Waals surface area contributed by atoms with E-state index in [9.17, 15) is 13.2 Å². The van der Waals surface area contributed by atoms with E-state index in [0.717, 1.165) is 30.0 Å². The van der Waals surface area contributed by atoms with Crippen LogP contribution in [0, 0.1) is 0 Å². The molecule has 0 amide bonds. The fourth-order valence-corrected chi connectivity index (χ4v) is 4.37. The highest BCUT2D eigenvalue weighted by molar-refractivity contribution is 7.80. The van der Waals surface area contributed by atoms with Crippen LogP contribution in [0.3, 0.4) is 0 Å². The minimum atomic E-state index is -4.34. The zero-order valence-corrected chi connectivity index (χ0v) is 18.9. The molecule has 2 nitrogen and oxygen atoms in total. The van der Waals surface area contributed by atoms with Gasteiger partial charge in [-0.25, -0.2) is 0 Å². The molecule has 3 rings (SSSR count). The van der Waals surface area contributed by atoms with Crippen molar-refractivity contribution in [2.45, 2.75) is 31.5 Å². The van der Waals surface area contributed by atoms with Crippen LogP contribution in [0.5, 0.6) is 0 Å². The molecule has 0 saturated heterocycles. The van der Waals surface area contributed by atoms with Crippen molar-refractivity contribution >= 4 is 57.7 Å². The van der Waals surface area contributed by atoms with E-state index in [0.29, 0.717) is 21.8 Å². The number of nitrogens with zero attached hydrogens (tertiary/aromatic N) is 1. The van der Waals surface area contributed by atoms with Crippen molar-refractivity contribution in [1.29, 1.82) is 0 Å². The van der Waals surface area contributed by atoms with Gasteiger partial charge in [-0.15, -0.1) is 0 Å². The van der Waals surface area contributed by atoms with Crippen LogP contribution in [0.2, 0.25) is 15.1 Å². The lowest BCUT2D eigenvalue weighted by Gasteiger charge is -2.25. The predicted octanol–water partition coefficient (Wildman–Crippen LogP) is 7.19. The van der Waals surface area contributed by atoms with Crippen LogP contribution >= 0.6 is 47.0 Å². The van der Waals surface area contributed by atoms with Gasteiger partial charge in [0.1, 0.15) is 0 Å². The molecule has 0 saturated carbocycles. The normalized spacial score (nSPS) is 16.5. The SMILES string of the molecule is CN(C(N)=S)C1CCc2cc(/C(=C\CC(F)(F)F)c3cc(Cl)c(Cl)c(Cl)c3)ccc21. The van der Waals surface area contributed by atoms with Gasteiger partial charge in [-0.3, -0.25) is 0 Å². The number of nitrogens with two attached hydrogens (primary N) is 1. The number of rotatable bonds is 4. The lowest BCUT2D eigenvalue weighted by molar-refractivity contribution is -0.124. The van der Waals surface area contributed by atoms with E-state index in [1.807, 2.05) is 24.1 Å². The fourth-order valence-electron chi connectivity index (χ4n) is 3.65. The second kappa shape index (κ2) is 8.95. The van der Waals surface area contributed by atoms with Crippen LogP contribution in [0.25, 0.3) is 5.57 Å². The Bertz CT molecular complexity index is 998. The summed E-state index contributed by atoms with van der Waals surface area (Å²) in [7, 11) is 1.84. The molecular weight excluding hydrogens is 476 g/mol. The van der Waals surface area contributed by atoms with Crippen LogP contribution in [0.1, 0.15) is 41.1 Å². The maximum absolute atomic E-state index is 13.0. The molecule has 1 aliphatic rings. The average molecular weight is 494 g/mol. The lowest BCUT2D eigenvalue weighted by atomic mass is 9.93. The van der Waals surface area contributed by atoms with E-state index in [1.165, 1.54) is 12.1 Å². The Morgan fingerprint density at radius 3 is 2.37 bits per heavy atom. The molecule has 1 aliphatic carbocycles. The Kier molecular flexibility index (Phi) is 6.92. The Morgan fingerprint density at radius 1 is 1.17 bits per heavy atom. The first-order chi connectivity index (χ1) is 14.0. The minimum Gasteiger partial charge on any atom is -0.376 e. The summed E-state index contributed by atoms with van der Waals surface area (Å²) in [5.74, 6) is 0. The van der Waals surface area contributed by atoms with Gasteiger partial charge in [0.2, 0.25) is 0 Å². The molecule has 2 aromatic rings. The highest BCUT2D eigenvalue weighted by Crippen LogP contribution is 2.40. The van der Waals surface area contributed by atoms with E-state index < -0.39 is 12.6 Å². The molecule has 0 bridgehead atoms. The summed E-state index contributed by atoms with van der Waals surface area (Å²) in [6.07, 6.45) is -2.68. The van der Waals surface area contributed by atoms with Gasteiger partial charge in [0.05, 0.1) is 27.5 Å². The molecule has 30 heavy (non-hydrogen) atoms. The molecule has 0 spiro atoms. The second-order valence-corrected chi connectivity index (χ2v) is 8.72. The zero-order valence-electron chi connectivity index (χ0n) is 15.9. The highest BCUT2D eigenvalue weighted by atomic mass is 35.5. The van der Waals surface area contributed by atoms with E-state index in [1.54, 1.807) is 6.07 Å². The van der Waals surface area contributed by atoms with Crippen molar-refractivity contribution in [1.82, 2.24) is 4.90 Å². The molecule has 1 atom stereocenters. The van der Waals surface area contributed by atoms with E-state index in [4.69, 9.17) is 52.8 Å². The number of allylic oxidation sites excluding steroid dienone is 1. The molecule has 9 heteroatoms. The Balaban J connectivity index is 2.07. The topological polar surface area (TPSA) is 29.3 Å². The summed E-state index contributed by atoms with van der Waals surface area (Å²) < 4.78 is 38.9. The van der Waals surface area contributed by atoms with Crippen molar-refractivity contribution in [3.63, 3.8) is 0 Å². The fraction of sp³-hybridized carbons (Fsp3) is 0.286. The molecule has 1 unspecified atom stereocenters. The number of benzene rings is 2. The second-order valence-electron chi connectivity index (χ2n) is 7.11. The van der Waals surface area contributed by atoms with Crippen molar-refractivity contribution < 1.29 is 13.2 Å². The van der Waals surface area contributed by atoms with Crippen molar-refractivity contribution in [3.8, 4) is 0 Å². The van der Waals surface area contributed by atoms with Crippen molar-refractivity contribution in [2.24, 2.45) is 5.73 Å². The third-order valence-electron chi connectivity index (χ3n) is 5.15. The summed E-state index contributed by atoms with van der Waals surface area (Å²) in [6, 6.07) is 8.71. The standard InChI is InChI=1S/C21H18Cl3F3N2S/c1-29(20(28)30)18-5-3-12-8-11(2-4-15(12)18)14(6-7-21(25,26)27)13-9-16(22)19(24)17(23)10-13/h2,4,6,8-10,18H,3,5,7H2,1H3,(H2,28,30)/b14-6+. The number of fused-ring (bicyclic) bond motifs is 1. The van der Waals surface area contributed by atoms with Gasteiger partial charge in [0.15, 0.2) is 5.11 Å². The Hall–Kier alpha value is -1.47. The first-order valence-electron chi connectivity index (χ1n) is 9.05. The van der Waals surface area contributed by atoms with E-state index >= 15 is 0 Å². The number of alkyl halides is 3. The molecular formula is C21H18Cl3F3N2S. The summed E-state index contributed by atoms with van der Waals surface area (Å²) in [4.78, 5) is 1.83. The largest absolute Gasteiger partial charge is 0.392 e. The first kappa shape index (κ1) is 23.2. The van der Waals surface area contributed by atoms with Gasteiger partial charge in [0, 0.05) is 7.05 Å².